The van der Waals surface area contributed by atoms with Gasteiger partial charge in [0.2, 0.25) is 0 Å². The number of esters is 2. The Morgan fingerprint density at radius 2 is 1.83 bits per heavy atom. The first kappa shape index (κ1) is 18.5. The fourth-order valence-corrected chi connectivity index (χ4v) is 3.33. The molecule has 2 rings (SSSR count). The third-order valence-corrected chi connectivity index (χ3v) is 4.76. The molecule has 4 nitrogen and oxygen atoms in total. The van der Waals surface area contributed by atoms with Crippen LogP contribution >= 0.6 is 0 Å². The van der Waals surface area contributed by atoms with Crippen LogP contribution in [0.4, 0.5) is 0 Å². The minimum Gasteiger partial charge on any atom is -0.465 e. The van der Waals surface area contributed by atoms with Crippen molar-refractivity contribution in [1.29, 1.82) is 0 Å². The van der Waals surface area contributed by atoms with Gasteiger partial charge in [-0.25, -0.2) is 0 Å². The second-order valence-electron chi connectivity index (χ2n) is 6.65. The van der Waals surface area contributed by atoms with Crippen LogP contribution in [0.2, 0.25) is 0 Å². The fourth-order valence-electron chi connectivity index (χ4n) is 3.33. The molecule has 1 fully saturated rings. The van der Waals surface area contributed by atoms with Gasteiger partial charge in [-0.15, -0.1) is 0 Å². The van der Waals surface area contributed by atoms with Crippen molar-refractivity contribution in [1.82, 2.24) is 0 Å². The number of unbranched alkanes of at least 4 members (excludes halogenated alkanes) is 1. The summed E-state index contributed by atoms with van der Waals surface area (Å²) in [6.45, 7) is 4.77. The molecule has 0 radical (unpaired) electrons. The molecule has 0 aromatic heterocycles. The van der Waals surface area contributed by atoms with Crippen LogP contribution < -0.4 is 0 Å². The van der Waals surface area contributed by atoms with Gasteiger partial charge in [0.25, 0.3) is 0 Å². The van der Waals surface area contributed by atoms with Gasteiger partial charge in [0.15, 0.2) is 0 Å². The lowest BCUT2D eigenvalue weighted by Gasteiger charge is -2.33. The number of carbonyl (C=O) groups excluding carboxylic acids is 2. The van der Waals surface area contributed by atoms with Crippen molar-refractivity contribution < 1.29 is 19.1 Å². The molecule has 0 saturated heterocycles. The van der Waals surface area contributed by atoms with Crippen molar-refractivity contribution in [2.24, 2.45) is 17.8 Å². The number of ether oxygens (including phenoxy) is 2. The van der Waals surface area contributed by atoms with Crippen molar-refractivity contribution in [3.63, 3.8) is 0 Å². The molecule has 132 valence electrons. The normalized spacial score (nSPS) is 23.5. The Labute approximate surface area is 144 Å². The van der Waals surface area contributed by atoms with E-state index in [9.17, 15) is 9.59 Å². The minimum atomic E-state index is -0.383. The monoisotopic (exact) mass is 332 g/mol. The Morgan fingerprint density at radius 1 is 1.08 bits per heavy atom. The highest BCUT2D eigenvalue weighted by Crippen LogP contribution is 2.36. The van der Waals surface area contributed by atoms with Gasteiger partial charge in [-0.05, 0) is 30.7 Å². The number of carbonyl (C=O) groups is 2. The van der Waals surface area contributed by atoms with E-state index < -0.39 is 0 Å². The summed E-state index contributed by atoms with van der Waals surface area (Å²) in [6, 6.07) is 9.61. The summed E-state index contributed by atoms with van der Waals surface area (Å²) in [5.41, 5.74) is 0.955. The van der Waals surface area contributed by atoms with E-state index in [2.05, 4.69) is 6.92 Å². The highest BCUT2D eigenvalue weighted by atomic mass is 16.5. The third-order valence-electron chi connectivity index (χ3n) is 4.76. The molecule has 4 heteroatoms. The highest BCUT2D eigenvalue weighted by Gasteiger charge is 2.42. The van der Waals surface area contributed by atoms with Crippen LogP contribution in [-0.4, -0.2) is 18.5 Å². The Morgan fingerprint density at radius 3 is 2.54 bits per heavy atom. The topological polar surface area (TPSA) is 52.6 Å². The SMILES string of the molecule is CCCCOC(=O)C1C(C)CCCC1C(=O)OCc1ccccc1. The van der Waals surface area contributed by atoms with Crippen molar-refractivity contribution in [3.8, 4) is 0 Å². The predicted octanol–water partition coefficient (Wildman–Crippen LogP) is 4.13. The van der Waals surface area contributed by atoms with E-state index in [0.717, 1.165) is 31.2 Å². The van der Waals surface area contributed by atoms with Crippen LogP contribution in [0.1, 0.15) is 51.5 Å². The van der Waals surface area contributed by atoms with Crippen molar-refractivity contribution in [3.05, 3.63) is 35.9 Å². The molecule has 1 saturated carbocycles. The van der Waals surface area contributed by atoms with Gasteiger partial charge in [-0.2, -0.15) is 0 Å². The van der Waals surface area contributed by atoms with Gasteiger partial charge < -0.3 is 9.47 Å². The highest BCUT2D eigenvalue weighted by molar-refractivity contribution is 5.82. The summed E-state index contributed by atoms with van der Waals surface area (Å²) in [5, 5.41) is 0. The standard InChI is InChI=1S/C20H28O4/c1-3-4-13-23-20(22)18-15(2)9-8-12-17(18)19(21)24-14-16-10-6-5-7-11-16/h5-7,10-11,15,17-18H,3-4,8-9,12-14H2,1-2H3. The Hall–Kier alpha value is -1.84. The number of hydrogen-bond acceptors (Lipinski definition) is 4. The molecule has 0 aliphatic heterocycles. The minimum absolute atomic E-state index is 0.155. The Kier molecular flexibility index (Phi) is 7.29. The molecule has 1 aliphatic rings. The number of rotatable bonds is 7. The molecule has 3 atom stereocenters. The lowest BCUT2D eigenvalue weighted by atomic mass is 9.73. The first-order valence-electron chi connectivity index (χ1n) is 9.00. The number of benzene rings is 1. The lowest BCUT2D eigenvalue weighted by molar-refractivity contribution is -0.166. The quantitative estimate of drug-likeness (QED) is 0.556. The predicted molar refractivity (Wildman–Crippen MR) is 92.1 cm³/mol. The molecule has 1 aliphatic carbocycles. The van der Waals surface area contributed by atoms with Gasteiger partial charge in [-0.1, -0.05) is 57.0 Å². The van der Waals surface area contributed by atoms with Crippen LogP contribution in [0.25, 0.3) is 0 Å². The van der Waals surface area contributed by atoms with Gasteiger partial charge in [0.1, 0.15) is 6.61 Å². The van der Waals surface area contributed by atoms with Gasteiger partial charge in [-0.3, -0.25) is 9.59 Å². The van der Waals surface area contributed by atoms with Gasteiger partial charge in [0.05, 0.1) is 18.4 Å². The van der Waals surface area contributed by atoms with E-state index >= 15 is 0 Å². The molecular formula is C20H28O4. The Bertz CT molecular complexity index is 526. The van der Waals surface area contributed by atoms with Crippen LogP contribution in [0.15, 0.2) is 30.3 Å². The molecule has 0 bridgehead atoms. The molecule has 0 heterocycles. The molecule has 1 aromatic carbocycles. The van der Waals surface area contributed by atoms with Crippen molar-refractivity contribution >= 4 is 11.9 Å². The van der Waals surface area contributed by atoms with Crippen LogP contribution in [0.3, 0.4) is 0 Å². The molecule has 1 aromatic rings. The van der Waals surface area contributed by atoms with Crippen LogP contribution in [-0.2, 0) is 25.7 Å². The second kappa shape index (κ2) is 9.45. The van der Waals surface area contributed by atoms with Crippen LogP contribution in [0, 0.1) is 17.8 Å². The first-order chi connectivity index (χ1) is 11.6. The second-order valence-corrected chi connectivity index (χ2v) is 6.65. The molecule has 24 heavy (non-hydrogen) atoms. The fraction of sp³-hybridized carbons (Fsp3) is 0.600. The first-order valence-corrected chi connectivity index (χ1v) is 9.00. The van der Waals surface area contributed by atoms with Crippen LogP contribution in [0.5, 0.6) is 0 Å². The average molecular weight is 332 g/mol. The summed E-state index contributed by atoms with van der Waals surface area (Å²) >= 11 is 0. The van der Waals surface area contributed by atoms with Gasteiger partial charge >= 0.3 is 11.9 Å². The smallest absolute Gasteiger partial charge is 0.310 e. The zero-order valence-electron chi connectivity index (χ0n) is 14.7. The maximum Gasteiger partial charge on any atom is 0.310 e. The summed E-state index contributed by atoms with van der Waals surface area (Å²) in [6.07, 6.45) is 4.44. The molecule has 0 N–H and O–H groups in total. The summed E-state index contributed by atoms with van der Waals surface area (Å²) in [5.74, 6) is -1.12. The van der Waals surface area contributed by atoms with Crippen molar-refractivity contribution in [2.45, 2.75) is 52.6 Å². The van der Waals surface area contributed by atoms with E-state index in [4.69, 9.17) is 9.47 Å². The van der Waals surface area contributed by atoms with Gasteiger partial charge in [0, 0.05) is 0 Å². The summed E-state index contributed by atoms with van der Waals surface area (Å²) < 4.78 is 10.9. The zero-order chi connectivity index (χ0) is 17.4. The summed E-state index contributed by atoms with van der Waals surface area (Å²) in [4.78, 5) is 25.0. The molecule has 0 amide bonds. The third kappa shape index (κ3) is 5.08. The Balaban J connectivity index is 1.96. The largest absolute Gasteiger partial charge is 0.465 e. The molecule has 0 spiro atoms. The molecule has 3 unspecified atom stereocenters. The molecular weight excluding hydrogens is 304 g/mol. The van der Waals surface area contributed by atoms with E-state index in [-0.39, 0.29) is 36.3 Å². The maximum absolute atomic E-state index is 12.5. The number of hydrogen-bond donors (Lipinski definition) is 0. The maximum atomic E-state index is 12.5. The lowest BCUT2D eigenvalue weighted by Crippen LogP contribution is -2.39. The van der Waals surface area contributed by atoms with E-state index in [0.29, 0.717) is 13.0 Å². The summed E-state index contributed by atoms with van der Waals surface area (Å²) in [7, 11) is 0. The van der Waals surface area contributed by atoms with Crippen molar-refractivity contribution in [2.75, 3.05) is 6.61 Å². The average Bonchev–Trinajstić information content (AvgIpc) is 2.60. The zero-order valence-corrected chi connectivity index (χ0v) is 14.7. The van der Waals surface area contributed by atoms with E-state index in [1.807, 2.05) is 37.3 Å². The van der Waals surface area contributed by atoms with E-state index in [1.54, 1.807) is 0 Å². The van der Waals surface area contributed by atoms with E-state index in [1.165, 1.54) is 0 Å².